The highest BCUT2D eigenvalue weighted by atomic mass is 16.5. The van der Waals surface area contributed by atoms with E-state index in [0.29, 0.717) is 13.3 Å². The van der Waals surface area contributed by atoms with Crippen molar-refractivity contribution in [3.05, 3.63) is 0 Å². The van der Waals surface area contributed by atoms with Crippen molar-refractivity contribution in [2.24, 2.45) is 5.92 Å². The summed E-state index contributed by atoms with van der Waals surface area (Å²) in [6, 6.07) is 0. The Labute approximate surface area is 74.3 Å². The molecule has 4 heteroatoms. The number of rotatable bonds is 4. The fourth-order valence-electron chi connectivity index (χ4n) is 1.79. The molecule has 0 aromatic carbocycles. The van der Waals surface area contributed by atoms with Crippen molar-refractivity contribution < 1.29 is 9.53 Å². The van der Waals surface area contributed by atoms with Crippen LogP contribution in [0.25, 0.3) is 0 Å². The van der Waals surface area contributed by atoms with Gasteiger partial charge in [0, 0.05) is 7.11 Å². The maximum Gasteiger partial charge on any atom is 0.281 e. The second kappa shape index (κ2) is 5.33. The quantitative estimate of drug-likeness (QED) is 0.434. The summed E-state index contributed by atoms with van der Waals surface area (Å²) in [4.78, 5) is 12.5. The molecule has 0 radical (unpaired) electrons. The van der Waals surface area contributed by atoms with Crippen LogP contribution in [0.2, 0.25) is 0 Å². The standard InChI is InChI=1S/C8H16BNO2/c1-12-6-8-3-2-4-10(5-8)9-7-11/h7-9H,2-6H2,1H3. The molecule has 1 saturated heterocycles. The first-order valence-electron chi connectivity index (χ1n) is 4.51. The maximum atomic E-state index is 10.3. The Hall–Kier alpha value is -0.345. The van der Waals surface area contributed by atoms with Gasteiger partial charge in [-0.25, -0.2) is 0 Å². The summed E-state index contributed by atoms with van der Waals surface area (Å²) in [5.74, 6) is 0.628. The predicted molar refractivity (Wildman–Crippen MR) is 50.1 cm³/mol. The second-order valence-corrected chi connectivity index (χ2v) is 3.39. The van der Waals surface area contributed by atoms with E-state index in [9.17, 15) is 4.79 Å². The molecule has 1 heterocycles. The van der Waals surface area contributed by atoms with Crippen molar-refractivity contribution in [1.29, 1.82) is 0 Å². The van der Waals surface area contributed by atoms with Gasteiger partial charge in [0.2, 0.25) is 0 Å². The Morgan fingerprint density at radius 3 is 3.25 bits per heavy atom. The molecule has 0 spiro atoms. The van der Waals surface area contributed by atoms with Crippen LogP contribution in [0.3, 0.4) is 0 Å². The van der Waals surface area contributed by atoms with E-state index in [1.807, 2.05) is 0 Å². The normalized spacial score (nSPS) is 25.2. The highest BCUT2D eigenvalue weighted by molar-refractivity contribution is 6.64. The van der Waals surface area contributed by atoms with Gasteiger partial charge in [-0.1, -0.05) is 0 Å². The van der Waals surface area contributed by atoms with Crippen molar-refractivity contribution in [2.45, 2.75) is 12.8 Å². The molecule has 1 aliphatic heterocycles. The third kappa shape index (κ3) is 2.95. The first-order chi connectivity index (χ1) is 5.86. The minimum Gasteiger partial charge on any atom is -0.384 e. The van der Waals surface area contributed by atoms with E-state index in [4.69, 9.17) is 4.74 Å². The van der Waals surface area contributed by atoms with E-state index in [1.54, 1.807) is 7.11 Å². The minimum absolute atomic E-state index is 0.584. The molecule has 0 N–H and O–H groups in total. The zero-order valence-electron chi connectivity index (χ0n) is 7.66. The third-order valence-corrected chi connectivity index (χ3v) is 2.34. The van der Waals surface area contributed by atoms with Crippen LogP contribution in [0.4, 0.5) is 0 Å². The van der Waals surface area contributed by atoms with Gasteiger partial charge in [-0.05, 0) is 31.8 Å². The van der Waals surface area contributed by atoms with E-state index < -0.39 is 0 Å². The molecule has 1 fully saturated rings. The maximum absolute atomic E-state index is 10.3. The van der Waals surface area contributed by atoms with Gasteiger partial charge in [-0.3, -0.25) is 0 Å². The molecule has 0 aromatic rings. The van der Waals surface area contributed by atoms with Crippen molar-refractivity contribution in [3.8, 4) is 0 Å². The Bertz CT molecular complexity index is 141. The fourth-order valence-corrected chi connectivity index (χ4v) is 1.79. The Kier molecular flexibility index (Phi) is 4.32. The topological polar surface area (TPSA) is 29.5 Å². The second-order valence-electron chi connectivity index (χ2n) is 3.39. The lowest BCUT2D eigenvalue weighted by atomic mass is 9.87. The van der Waals surface area contributed by atoms with Gasteiger partial charge in [-0.15, -0.1) is 0 Å². The van der Waals surface area contributed by atoms with Crippen LogP contribution in [-0.2, 0) is 9.53 Å². The summed E-state index contributed by atoms with van der Waals surface area (Å²) in [5.41, 5.74) is 0. The SMILES string of the molecule is COCC1CCCN(BC=O)C1. The van der Waals surface area contributed by atoms with Crippen molar-refractivity contribution >= 4 is 13.6 Å². The summed E-state index contributed by atoms with van der Waals surface area (Å²) in [6.07, 6.45) is 3.42. The number of piperidine rings is 1. The minimum atomic E-state index is 0.584. The van der Waals surface area contributed by atoms with Crippen LogP contribution in [0.15, 0.2) is 0 Å². The monoisotopic (exact) mass is 169 g/mol. The molecule has 1 aliphatic rings. The van der Waals surface area contributed by atoms with Crippen LogP contribution in [0.5, 0.6) is 0 Å². The molecule has 1 unspecified atom stereocenters. The van der Waals surface area contributed by atoms with Crippen LogP contribution >= 0.6 is 0 Å². The molecule has 1 atom stereocenters. The summed E-state index contributed by atoms with van der Waals surface area (Å²) in [7, 11) is 2.32. The van der Waals surface area contributed by atoms with Gasteiger partial charge in [0.15, 0.2) is 0 Å². The zero-order valence-corrected chi connectivity index (χ0v) is 7.66. The van der Waals surface area contributed by atoms with Crippen molar-refractivity contribution in [1.82, 2.24) is 4.81 Å². The number of carbonyl (C=O) groups excluding carboxylic acids is 1. The molecule has 3 nitrogen and oxygen atoms in total. The summed E-state index contributed by atoms with van der Waals surface area (Å²) < 4.78 is 5.09. The third-order valence-electron chi connectivity index (χ3n) is 2.34. The van der Waals surface area contributed by atoms with Gasteiger partial charge in [0.1, 0.15) is 0 Å². The number of nitrogens with zero attached hydrogens (tertiary/aromatic N) is 1. The number of carbonyl (C=O) groups is 1. The molecule has 0 saturated carbocycles. The number of hydrogen-bond donors (Lipinski definition) is 0. The van der Waals surface area contributed by atoms with E-state index in [0.717, 1.165) is 25.9 Å². The van der Waals surface area contributed by atoms with Gasteiger partial charge in [0.05, 0.1) is 12.8 Å². The largest absolute Gasteiger partial charge is 0.384 e. The fraction of sp³-hybridized carbons (Fsp3) is 0.875. The van der Waals surface area contributed by atoms with Crippen LogP contribution < -0.4 is 0 Å². The highest BCUT2D eigenvalue weighted by Crippen LogP contribution is 2.15. The lowest BCUT2D eigenvalue weighted by molar-refractivity contribution is 0.118. The average molecular weight is 169 g/mol. The Balaban J connectivity index is 2.24. The molecule has 68 valence electrons. The highest BCUT2D eigenvalue weighted by Gasteiger charge is 2.19. The van der Waals surface area contributed by atoms with E-state index >= 15 is 0 Å². The summed E-state index contributed by atoms with van der Waals surface area (Å²) in [6.45, 7) is 2.92. The number of hydrogen-bond acceptors (Lipinski definition) is 3. The molecule has 0 bridgehead atoms. The Morgan fingerprint density at radius 2 is 2.58 bits per heavy atom. The van der Waals surface area contributed by atoms with Gasteiger partial charge >= 0.3 is 0 Å². The summed E-state index contributed by atoms with van der Waals surface area (Å²) >= 11 is 0. The molecule has 0 amide bonds. The molecule has 1 rings (SSSR count). The van der Waals surface area contributed by atoms with E-state index in [1.165, 1.54) is 12.8 Å². The number of ether oxygens (including phenoxy) is 1. The average Bonchev–Trinajstić information content (AvgIpc) is 2.06. The number of methoxy groups -OCH3 is 1. The van der Waals surface area contributed by atoms with Crippen LogP contribution in [-0.4, -0.2) is 45.2 Å². The van der Waals surface area contributed by atoms with E-state index in [-0.39, 0.29) is 0 Å². The lowest BCUT2D eigenvalue weighted by Crippen LogP contribution is -2.40. The van der Waals surface area contributed by atoms with Crippen LogP contribution in [0, 0.1) is 5.92 Å². The zero-order chi connectivity index (χ0) is 8.81. The predicted octanol–water partition coefficient (Wildman–Crippen LogP) is -0.113. The molecule has 0 aromatic heterocycles. The summed E-state index contributed by atoms with van der Waals surface area (Å²) in [5, 5.41) is 0. The van der Waals surface area contributed by atoms with Crippen LogP contribution in [0.1, 0.15) is 12.8 Å². The molecule has 12 heavy (non-hydrogen) atoms. The smallest absolute Gasteiger partial charge is 0.281 e. The Morgan fingerprint density at radius 1 is 1.75 bits per heavy atom. The first-order valence-corrected chi connectivity index (χ1v) is 4.51. The van der Waals surface area contributed by atoms with E-state index in [2.05, 4.69) is 4.81 Å². The van der Waals surface area contributed by atoms with Gasteiger partial charge < -0.3 is 14.3 Å². The van der Waals surface area contributed by atoms with Crippen molar-refractivity contribution in [3.63, 3.8) is 0 Å². The van der Waals surface area contributed by atoms with Gasteiger partial charge in [0.25, 0.3) is 7.41 Å². The van der Waals surface area contributed by atoms with Crippen molar-refractivity contribution in [2.75, 3.05) is 26.8 Å². The lowest BCUT2D eigenvalue weighted by Gasteiger charge is -2.30. The molecular weight excluding hydrogens is 153 g/mol. The first kappa shape index (κ1) is 9.74. The van der Waals surface area contributed by atoms with Gasteiger partial charge in [-0.2, -0.15) is 0 Å². The molecular formula is C8H16BNO2. The molecule has 0 aliphatic carbocycles.